The van der Waals surface area contributed by atoms with Crippen molar-refractivity contribution < 1.29 is 19.2 Å². The van der Waals surface area contributed by atoms with Gasteiger partial charge in [-0.1, -0.05) is 18.2 Å². The molecule has 0 spiro atoms. The van der Waals surface area contributed by atoms with Crippen LogP contribution in [0.25, 0.3) is 6.08 Å². The summed E-state index contributed by atoms with van der Waals surface area (Å²) in [6, 6.07) is 4.39. The summed E-state index contributed by atoms with van der Waals surface area (Å²) in [7, 11) is 0. The van der Waals surface area contributed by atoms with E-state index in [1.807, 2.05) is 0 Å². The Labute approximate surface area is 121 Å². The summed E-state index contributed by atoms with van der Waals surface area (Å²) in [4.78, 5) is 32.5. The van der Waals surface area contributed by atoms with Gasteiger partial charge in [-0.15, -0.1) is 0 Å². The molecule has 0 aliphatic heterocycles. The molecule has 0 aliphatic carbocycles. The van der Waals surface area contributed by atoms with Gasteiger partial charge in [0.25, 0.3) is 5.69 Å². The number of carbonyl (C=O) groups excluding carboxylic acids is 2. The van der Waals surface area contributed by atoms with Crippen molar-refractivity contribution >= 4 is 29.3 Å². The van der Waals surface area contributed by atoms with Crippen LogP contribution in [0.2, 0.25) is 0 Å². The molecule has 0 saturated heterocycles. The van der Waals surface area contributed by atoms with Gasteiger partial charge in [-0.2, -0.15) is 0 Å². The fourth-order valence-electron chi connectivity index (χ4n) is 1.61. The third kappa shape index (κ3) is 5.43. The molecule has 0 bridgehead atoms. The molecule has 1 aromatic rings. The van der Waals surface area contributed by atoms with Crippen molar-refractivity contribution in [3.05, 3.63) is 40.0 Å². The Bertz CT molecular complexity index is 581. The summed E-state index contributed by atoms with van der Waals surface area (Å²) >= 11 is 0. The molecule has 0 unspecified atom stereocenters. The molecule has 21 heavy (non-hydrogen) atoms. The van der Waals surface area contributed by atoms with Crippen LogP contribution in [0.15, 0.2) is 24.3 Å². The van der Waals surface area contributed by atoms with Crippen LogP contribution < -0.4 is 5.32 Å². The Balaban J connectivity index is 2.88. The molecule has 1 amide bonds. The lowest BCUT2D eigenvalue weighted by molar-refractivity contribution is -0.383. The lowest BCUT2D eigenvalue weighted by Crippen LogP contribution is -2.08. The Morgan fingerprint density at radius 2 is 2.14 bits per heavy atom. The predicted molar refractivity (Wildman–Crippen MR) is 77.7 cm³/mol. The number of ether oxygens (including phenoxy) is 1. The molecule has 0 atom stereocenters. The third-order valence-corrected chi connectivity index (χ3v) is 2.43. The normalized spacial score (nSPS) is 10.4. The zero-order valence-corrected chi connectivity index (χ0v) is 11.8. The Morgan fingerprint density at radius 3 is 2.71 bits per heavy atom. The van der Waals surface area contributed by atoms with Crippen LogP contribution in [0.3, 0.4) is 0 Å². The van der Waals surface area contributed by atoms with Crippen LogP contribution in [0, 0.1) is 10.1 Å². The minimum absolute atomic E-state index is 0.0923. The molecule has 7 nitrogen and oxygen atoms in total. The molecule has 0 saturated carbocycles. The SMILES string of the molecule is CCOC(=O)CC=Cc1ccc(NC(C)=O)c([N+](=O)[O-])c1. The summed E-state index contributed by atoms with van der Waals surface area (Å²) in [6.45, 7) is 3.30. The van der Waals surface area contributed by atoms with Gasteiger partial charge in [0.05, 0.1) is 18.0 Å². The second kappa shape index (κ2) is 7.78. The molecular formula is C14H16N2O5. The van der Waals surface area contributed by atoms with Crippen LogP contribution in [-0.4, -0.2) is 23.4 Å². The van der Waals surface area contributed by atoms with Gasteiger partial charge in [0.15, 0.2) is 0 Å². The average Bonchev–Trinajstić information content (AvgIpc) is 2.39. The number of hydrogen-bond donors (Lipinski definition) is 1. The van der Waals surface area contributed by atoms with Gasteiger partial charge >= 0.3 is 5.97 Å². The van der Waals surface area contributed by atoms with Gasteiger partial charge in [-0.05, 0) is 18.6 Å². The monoisotopic (exact) mass is 292 g/mol. The Hall–Kier alpha value is -2.70. The van der Waals surface area contributed by atoms with Gasteiger partial charge in [0.1, 0.15) is 5.69 Å². The van der Waals surface area contributed by atoms with E-state index in [9.17, 15) is 19.7 Å². The maximum Gasteiger partial charge on any atom is 0.309 e. The minimum atomic E-state index is -0.575. The molecular weight excluding hydrogens is 276 g/mol. The highest BCUT2D eigenvalue weighted by Gasteiger charge is 2.14. The number of rotatable bonds is 6. The van der Waals surface area contributed by atoms with Crippen LogP contribution in [-0.2, 0) is 14.3 Å². The molecule has 0 heterocycles. The quantitative estimate of drug-likeness (QED) is 0.493. The first-order valence-electron chi connectivity index (χ1n) is 6.32. The number of benzene rings is 1. The fourth-order valence-corrected chi connectivity index (χ4v) is 1.61. The maximum atomic E-state index is 11.2. The number of nitro benzene ring substituents is 1. The summed E-state index contributed by atoms with van der Waals surface area (Å²) in [5.41, 5.74) is 0.485. The highest BCUT2D eigenvalue weighted by atomic mass is 16.6. The van der Waals surface area contributed by atoms with E-state index in [4.69, 9.17) is 4.74 Å². The predicted octanol–water partition coefficient (Wildman–Crippen LogP) is 2.52. The number of anilines is 1. The maximum absolute atomic E-state index is 11.2. The van der Waals surface area contributed by atoms with Gasteiger partial charge in [0, 0.05) is 13.0 Å². The highest BCUT2D eigenvalue weighted by Crippen LogP contribution is 2.26. The number of nitro groups is 1. The first-order valence-corrected chi connectivity index (χ1v) is 6.32. The molecule has 1 aromatic carbocycles. The molecule has 112 valence electrons. The van der Waals surface area contributed by atoms with Gasteiger partial charge in [-0.25, -0.2) is 0 Å². The second-order valence-corrected chi connectivity index (χ2v) is 4.13. The Kier molecular flexibility index (Phi) is 6.06. The zero-order valence-electron chi connectivity index (χ0n) is 11.8. The van der Waals surface area contributed by atoms with Crippen molar-refractivity contribution in [2.45, 2.75) is 20.3 Å². The lowest BCUT2D eigenvalue weighted by Gasteiger charge is -2.04. The molecule has 0 aromatic heterocycles. The number of hydrogen-bond acceptors (Lipinski definition) is 5. The van der Waals surface area contributed by atoms with Crippen LogP contribution >= 0.6 is 0 Å². The summed E-state index contributed by atoms with van der Waals surface area (Å²) in [6.07, 6.45) is 3.24. The molecule has 0 fully saturated rings. The molecule has 0 aliphatic rings. The van der Waals surface area contributed by atoms with Crippen molar-refractivity contribution in [2.24, 2.45) is 0 Å². The van der Waals surface area contributed by atoms with Crippen LogP contribution in [0.1, 0.15) is 25.8 Å². The smallest absolute Gasteiger partial charge is 0.309 e. The second-order valence-electron chi connectivity index (χ2n) is 4.13. The first kappa shape index (κ1) is 16.4. The lowest BCUT2D eigenvalue weighted by atomic mass is 10.1. The Morgan fingerprint density at radius 1 is 1.43 bits per heavy atom. The fraction of sp³-hybridized carbons (Fsp3) is 0.286. The van der Waals surface area contributed by atoms with Crippen molar-refractivity contribution in [3.63, 3.8) is 0 Å². The highest BCUT2D eigenvalue weighted by molar-refractivity contribution is 5.91. The molecule has 0 radical (unpaired) electrons. The topological polar surface area (TPSA) is 98.5 Å². The van der Waals surface area contributed by atoms with Gasteiger partial charge in [0.2, 0.25) is 5.91 Å². The van der Waals surface area contributed by atoms with E-state index in [0.717, 1.165) is 0 Å². The number of nitrogens with one attached hydrogen (secondary N) is 1. The molecule has 7 heteroatoms. The largest absolute Gasteiger partial charge is 0.466 e. The van der Waals surface area contributed by atoms with Gasteiger partial charge < -0.3 is 10.1 Å². The van der Waals surface area contributed by atoms with Gasteiger partial charge in [-0.3, -0.25) is 19.7 Å². The van der Waals surface area contributed by atoms with E-state index in [-0.39, 0.29) is 29.7 Å². The summed E-state index contributed by atoms with van der Waals surface area (Å²) in [5, 5.41) is 13.4. The number of amides is 1. The molecule has 1 N–H and O–H groups in total. The van der Waals surface area contributed by atoms with Crippen molar-refractivity contribution in [2.75, 3.05) is 11.9 Å². The van der Waals surface area contributed by atoms with Crippen LogP contribution in [0.5, 0.6) is 0 Å². The average molecular weight is 292 g/mol. The standard InChI is InChI=1S/C14H16N2O5/c1-3-21-14(18)6-4-5-11-7-8-12(15-10(2)17)13(9-11)16(19)20/h4-5,7-9H,3,6H2,1-2H3,(H,15,17). The van der Waals surface area contributed by atoms with E-state index in [2.05, 4.69) is 5.32 Å². The third-order valence-electron chi connectivity index (χ3n) is 2.43. The summed E-state index contributed by atoms with van der Waals surface area (Å²) < 4.78 is 4.76. The van der Waals surface area contributed by atoms with E-state index in [0.29, 0.717) is 12.2 Å². The van der Waals surface area contributed by atoms with E-state index in [1.54, 1.807) is 25.1 Å². The minimum Gasteiger partial charge on any atom is -0.466 e. The first-order chi connectivity index (χ1) is 9.93. The molecule has 1 rings (SSSR count). The number of carbonyl (C=O) groups is 2. The number of esters is 1. The van der Waals surface area contributed by atoms with Crippen molar-refractivity contribution in [1.29, 1.82) is 0 Å². The van der Waals surface area contributed by atoms with Crippen molar-refractivity contribution in [1.82, 2.24) is 0 Å². The van der Waals surface area contributed by atoms with E-state index in [1.165, 1.54) is 19.1 Å². The van der Waals surface area contributed by atoms with E-state index < -0.39 is 4.92 Å². The number of nitrogens with zero attached hydrogens (tertiary/aromatic N) is 1. The van der Waals surface area contributed by atoms with Crippen molar-refractivity contribution in [3.8, 4) is 0 Å². The van der Waals surface area contributed by atoms with Crippen LogP contribution in [0.4, 0.5) is 11.4 Å². The summed E-state index contributed by atoms with van der Waals surface area (Å²) in [5.74, 6) is -0.748. The zero-order chi connectivity index (χ0) is 15.8. The van der Waals surface area contributed by atoms with E-state index >= 15 is 0 Å².